The summed E-state index contributed by atoms with van der Waals surface area (Å²) in [5, 5.41) is 8.53. The smallest absolute Gasteiger partial charge is 0.0893 e. The first-order valence-corrected chi connectivity index (χ1v) is 20.5. The molecule has 3 heterocycles. The number of allylic oxidation sites excluding steroid dienone is 1. The van der Waals surface area contributed by atoms with Gasteiger partial charge in [0.2, 0.25) is 0 Å². The molecule has 0 amide bonds. The Balaban J connectivity index is 1.07. The van der Waals surface area contributed by atoms with Gasteiger partial charge in [0, 0.05) is 47.0 Å². The third kappa shape index (κ3) is 4.36. The van der Waals surface area contributed by atoms with Crippen molar-refractivity contribution in [3.8, 4) is 22.3 Å². The van der Waals surface area contributed by atoms with E-state index >= 15 is 0 Å². The quantitative estimate of drug-likeness (QED) is 0.166. The Morgan fingerprint density at radius 2 is 1.26 bits per heavy atom. The zero-order chi connectivity index (χ0) is 32.8. The van der Waals surface area contributed by atoms with Crippen molar-refractivity contribution in [2.45, 2.75) is 12.8 Å². The van der Waals surface area contributed by atoms with Gasteiger partial charge in [0.15, 0.2) is 0 Å². The Kier molecular flexibility index (Phi) is 6.36. The van der Waals surface area contributed by atoms with E-state index in [4.69, 9.17) is 0 Å². The van der Waals surface area contributed by atoms with Gasteiger partial charge in [-0.2, -0.15) is 0 Å². The van der Waals surface area contributed by atoms with E-state index in [1.807, 2.05) is 22.7 Å². The fourth-order valence-electron chi connectivity index (χ4n) is 8.34. The van der Waals surface area contributed by atoms with Crippen LogP contribution in [-0.2, 0) is 6.42 Å². The Morgan fingerprint density at radius 3 is 2.10 bits per heavy atom. The van der Waals surface area contributed by atoms with E-state index in [0.717, 1.165) is 12.8 Å². The lowest BCUT2D eigenvalue weighted by atomic mass is 9.93. The van der Waals surface area contributed by atoms with Crippen molar-refractivity contribution < 1.29 is 0 Å². The molecule has 2 aliphatic rings. The van der Waals surface area contributed by atoms with Crippen LogP contribution in [0.25, 0.3) is 68.7 Å². The van der Waals surface area contributed by atoms with Gasteiger partial charge >= 0.3 is 0 Å². The van der Waals surface area contributed by atoms with E-state index in [1.165, 1.54) is 96.0 Å². The van der Waals surface area contributed by atoms with E-state index in [2.05, 4.69) is 157 Å². The molecule has 4 heteroatoms. The van der Waals surface area contributed by atoms with Gasteiger partial charge in [0.25, 0.3) is 0 Å². The first-order valence-electron chi connectivity index (χ1n) is 17.4. The molecule has 0 N–H and O–H groups in total. The number of benzene rings is 7. The third-order valence-electron chi connectivity index (χ3n) is 10.7. The summed E-state index contributed by atoms with van der Waals surface area (Å²) < 4.78 is 5.48. The highest BCUT2D eigenvalue weighted by molar-refractivity contribution is 7.27. The van der Waals surface area contributed by atoms with E-state index < -0.39 is 9.52 Å². The Hall–Kier alpha value is -5.26. The van der Waals surface area contributed by atoms with Crippen LogP contribution in [-0.4, -0.2) is 9.52 Å². The summed E-state index contributed by atoms with van der Waals surface area (Å²) >= 11 is 3.86. The summed E-state index contributed by atoms with van der Waals surface area (Å²) in [6.45, 7) is 0. The minimum atomic E-state index is -0.629. The van der Waals surface area contributed by atoms with Crippen molar-refractivity contribution >= 4 is 106 Å². The normalized spacial score (nSPS) is 13.8. The van der Waals surface area contributed by atoms with Gasteiger partial charge in [-0.15, -0.1) is 22.7 Å². The third-order valence-corrected chi connectivity index (χ3v) is 15.1. The molecule has 236 valence electrons. The molecule has 0 fully saturated rings. The Labute approximate surface area is 301 Å². The van der Waals surface area contributed by atoms with Crippen molar-refractivity contribution in [3.05, 3.63) is 157 Å². The van der Waals surface area contributed by atoms with E-state index in [9.17, 15) is 0 Å². The fraction of sp³-hybridized carbons (Fsp3) is 0.0435. The van der Waals surface area contributed by atoms with Gasteiger partial charge in [-0.05, 0) is 88.7 Å². The van der Waals surface area contributed by atoms with Crippen LogP contribution in [0.1, 0.15) is 17.5 Å². The first-order chi connectivity index (χ1) is 24.8. The summed E-state index contributed by atoms with van der Waals surface area (Å²) in [5.74, 6) is 0. The Bertz CT molecular complexity index is 2860. The number of fused-ring (bicyclic) bond motifs is 11. The molecule has 9 aromatic rings. The fourth-order valence-corrected chi connectivity index (χ4v) is 12.9. The first kappa shape index (κ1) is 28.6. The standard InChI is InChI=1S/C46H31NS2Si/c1-2-9-30-26-31(17-16-28(30)8-1)29-18-20-32(21-19-29)47(39-13-7-12-36-34-10-3-5-14-40(34)48-45(36)39)33-22-23-38-43(27-33)50-42-25-24-37-35-11-4-6-15-41(35)49-46(37)44(38)42/h1,3-8,10-27H,2,9,50H2. The second kappa shape index (κ2) is 11.1. The molecule has 1 aliphatic carbocycles. The predicted molar refractivity (Wildman–Crippen MR) is 223 cm³/mol. The summed E-state index contributed by atoms with van der Waals surface area (Å²) in [5.41, 5.74) is 11.9. The van der Waals surface area contributed by atoms with Gasteiger partial charge in [0.1, 0.15) is 0 Å². The van der Waals surface area contributed by atoms with Gasteiger partial charge in [-0.25, -0.2) is 0 Å². The van der Waals surface area contributed by atoms with Gasteiger partial charge in [-0.1, -0.05) is 120 Å². The van der Waals surface area contributed by atoms with Crippen molar-refractivity contribution in [2.24, 2.45) is 0 Å². The summed E-state index contributed by atoms with van der Waals surface area (Å²) in [4.78, 5) is 2.51. The number of hydrogen-bond donors (Lipinski definition) is 0. The molecule has 50 heavy (non-hydrogen) atoms. The number of thiophene rings is 2. The minimum absolute atomic E-state index is 0.629. The molecule has 0 saturated heterocycles. The van der Waals surface area contributed by atoms with Gasteiger partial charge in [0.05, 0.1) is 19.9 Å². The average Bonchev–Trinajstić information content (AvgIpc) is 3.86. The molecular weight excluding hydrogens is 659 g/mol. The predicted octanol–water partition coefficient (Wildman–Crippen LogP) is 11.6. The van der Waals surface area contributed by atoms with Crippen LogP contribution in [0.15, 0.2) is 146 Å². The van der Waals surface area contributed by atoms with E-state index in [-0.39, 0.29) is 0 Å². The summed E-state index contributed by atoms with van der Waals surface area (Å²) in [6.07, 6.45) is 6.79. The molecule has 0 radical (unpaired) electrons. The molecule has 0 unspecified atom stereocenters. The summed E-state index contributed by atoms with van der Waals surface area (Å²) in [7, 11) is -0.629. The highest BCUT2D eigenvalue weighted by Crippen LogP contribution is 2.46. The second-order valence-electron chi connectivity index (χ2n) is 13.6. The maximum absolute atomic E-state index is 2.51. The number of rotatable bonds is 4. The average molecular weight is 690 g/mol. The lowest BCUT2D eigenvalue weighted by Gasteiger charge is -2.27. The SMILES string of the molecule is C1=Cc2ccc(-c3ccc(N(c4ccc5c(c4)[SiH2]c4ccc6c(sc7ccccc76)c4-5)c4cccc5c4sc4ccccc45)cc3)cc2CC1. The molecule has 0 bridgehead atoms. The highest BCUT2D eigenvalue weighted by atomic mass is 32.1. The van der Waals surface area contributed by atoms with Gasteiger partial charge in [-0.3, -0.25) is 0 Å². The molecule has 0 saturated carbocycles. The van der Waals surface area contributed by atoms with Crippen LogP contribution in [0, 0.1) is 0 Å². The Morgan fingerprint density at radius 1 is 0.540 bits per heavy atom. The molecule has 1 nitrogen and oxygen atoms in total. The van der Waals surface area contributed by atoms with Crippen LogP contribution in [0.2, 0.25) is 0 Å². The number of nitrogens with zero attached hydrogens (tertiary/aromatic N) is 1. The second-order valence-corrected chi connectivity index (χ2v) is 17.6. The monoisotopic (exact) mass is 689 g/mol. The summed E-state index contributed by atoms with van der Waals surface area (Å²) in [6, 6.07) is 52.8. The zero-order valence-electron chi connectivity index (χ0n) is 27.3. The zero-order valence-corrected chi connectivity index (χ0v) is 30.4. The molecule has 0 spiro atoms. The highest BCUT2D eigenvalue weighted by Gasteiger charge is 2.26. The number of hydrogen-bond acceptors (Lipinski definition) is 3. The molecule has 0 atom stereocenters. The number of anilines is 3. The van der Waals surface area contributed by atoms with Crippen molar-refractivity contribution in [3.63, 3.8) is 0 Å². The van der Waals surface area contributed by atoms with Crippen molar-refractivity contribution in [1.29, 1.82) is 0 Å². The van der Waals surface area contributed by atoms with E-state index in [1.54, 1.807) is 5.19 Å². The van der Waals surface area contributed by atoms with Crippen LogP contribution in [0.4, 0.5) is 17.1 Å². The largest absolute Gasteiger partial charge is 0.309 e. The number of aryl methyl sites for hydroxylation is 1. The minimum Gasteiger partial charge on any atom is -0.309 e. The van der Waals surface area contributed by atoms with Crippen LogP contribution < -0.4 is 15.3 Å². The van der Waals surface area contributed by atoms with Crippen molar-refractivity contribution in [2.75, 3.05) is 4.90 Å². The lowest BCUT2D eigenvalue weighted by molar-refractivity contribution is 0.986. The molecule has 7 aromatic carbocycles. The van der Waals surface area contributed by atoms with Crippen LogP contribution in [0.5, 0.6) is 0 Å². The van der Waals surface area contributed by atoms with E-state index in [0.29, 0.717) is 0 Å². The van der Waals surface area contributed by atoms with Crippen molar-refractivity contribution in [1.82, 2.24) is 0 Å². The molecular formula is C46H31NS2Si. The topological polar surface area (TPSA) is 3.24 Å². The maximum atomic E-state index is 2.51. The molecule has 2 aromatic heterocycles. The molecule has 1 aliphatic heterocycles. The lowest BCUT2D eigenvalue weighted by Crippen LogP contribution is -2.22. The van der Waals surface area contributed by atoms with Crippen LogP contribution >= 0.6 is 22.7 Å². The molecule has 11 rings (SSSR count). The maximum Gasteiger partial charge on any atom is 0.0893 e. The van der Waals surface area contributed by atoms with Crippen LogP contribution in [0.3, 0.4) is 0 Å². The van der Waals surface area contributed by atoms with Gasteiger partial charge < -0.3 is 4.90 Å².